The minimum Gasteiger partial charge on any atom is -0.354 e. The summed E-state index contributed by atoms with van der Waals surface area (Å²) in [7, 11) is 1.90. The highest BCUT2D eigenvalue weighted by atomic mass is 16.1. The van der Waals surface area contributed by atoms with Gasteiger partial charge in [-0.3, -0.25) is 4.79 Å². The number of carbonyl (C=O) groups is 1. The second-order valence-electron chi connectivity index (χ2n) is 3.62. The fourth-order valence-electron chi connectivity index (χ4n) is 1.09. The Hall–Kier alpha value is -0.570. The first kappa shape index (κ1) is 12.4. The maximum atomic E-state index is 11.4. The molecule has 0 aromatic heterocycles. The van der Waals surface area contributed by atoms with Crippen molar-refractivity contribution < 1.29 is 4.79 Å². The van der Waals surface area contributed by atoms with Crippen LogP contribution in [0.15, 0.2) is 0 Å². The molecule has 0 fully saturated rings. The number of rotatable bonds is 6. The van der Waals surface area contributed by atoms with E-state index >= 15 is 0 Å². The highest BCUT2D eigenvalue weighted by Gasteiger charge is 2.11. The van der Waals surface area contributed by atoms with Gasteiger partial charge in [0.05, 0.1) is 0 Å². The summed E-state index contributed by atoms with van der Waals surface area (Å²) < 4.78 is 0. The van der Waals surface area contributed by atoms with Gasteiger partial charge in [-0.2, -0.15) is 0 Å². The molecule has 0 aliphatic carbocycles. The first-order valence-corrected chi connectivity index (χ1v) is 5.06. The minimum absolute atomic E-state index is 0.147. The van der Waals surface area contributed by atoms with E-state index in [9.17, 15) is 4.79 Å². The lowest BCUT2D eigenvalue weighted by Crippen LogP contribution is -2.39. The lowest BCUT2D eigenvalue weighted by atomic mass is 10.1. The standard InChI is InChI=1S/C10H22N2O/c1-5-6-8(2)10(13)12-7-9(3)11-4/h8-9,11H,5-7H2,1-4H3,(H,12,13). The molecule has 0 aliphatic heterocycles. The molecule has 3 nitrogen and oxygen atoms in total. The van der Waals surface area contributed by atoms with Crippen molar-refractivity contribution in [3.63, 3.8) is 0 Å². The van der Waals surface area contributed by atoms with Gasteiger partial charge in [-0.1, -0.05) is 20.3 Å². The summed E-state index contributed by atoms with van der Waals surface area (Å²) in [5.74, 6) is 0.318. The summed E-state index contributed by atoms with van der Waals surface area (Å²) in [6, 6.07) is 0.345. The van der Waals surface area contributed by atoms with E-state index in [1.165, 1.54) is 0 Å². The van der Waals surface area contributed by atoms with Crippen LogP contribution in [0.25, 0.3) is 0 Å². The summed E-state index contributed by atoms with van der Waals surface area (Å²) in [5.41, 5.74) is 0. The molecule has 0 aromatic rings. The van der Waals surface area contributed by atoms with Crippen molar-refractivity contribution >= 4 is 5.91 Å². The van der Waals surface area contributed by atoms with Crippen LogP contribution in [0.2, 0.25) is 0 Å². The molecule has 2 unspecified atom stereocenters. The summed E-state index contributed by atoms with van der Waals surface area (Å²) in [5, 5.41) is 5.99. The fourth-order valence-corrected chi connectivity index (χ4v) is 1.09. The summed E-state index contributed by atoms with van der Waals surface area (Å²) in [4.78, 5) is 11.4. The molecule has 2 N–H and O–H groups in total. The maximum Gasteiger partial charge on any atom is 0.222 e. The third-order valence-electron chi connectivity index (χ3n) is 2.24. The second-order valence-corrected chi connectivity index (χ2v) is 3.62. The van der Waals surface area contributed by atoms with Gasteiger partial charge < -0.3 is 10.6 Å². The van der Waals surface area contributed by atoms with Crippen molar-refractivity contribution in [2.45, 2.75) is 39.7 Å². The van der Waals surface area contributed by atoms with E-state index in [0.717, 1.165) is 12.8 Å². The first-order valence-electron chi connectivity index (χ1n) is 5.06. The zero-order valence-corrected chi connectivity index (χ0v) is 9.18. The van der Waals surface area contributed by atoms with Crippen molar-refractivity contribution in [2.24, 2.45) is 5.92 Å². The molecule has 78 valence electrons. The predicted molar refractivity (Wildman–Crippen MR) is 55.6 cm³/mol. The van der Waals surface area contributed by atoms with Gasteiger partial charge >= 0.3 is 0 Å². The molecule has 0 radical (unpaired) electrons. The third-order valence-corrected chi connectivity index (χ3v) is 2.24. The summed E-state index contributed by atoms with van der Waals surface area (Å²) in [6.07, 6.45) is 2.04. The molecule has 13 heavy (non-hydrogen) atoms. The molecular formula is C10H22N2O. The SMILES string of the molecule is CCCC(C)C(=O)NCC(C)NC. The van der Waals surface area contributed by atoms with Gasteiger partial charge in [-0.05, 0) is 20.4 Å². The maximum absolute atomic E-state index is 11.4. The van der Waals surface area contributed by atoms with E-state index in [1.807, 2.05) is 20.9 Å². The fraction of sp³-hybridized carbons (Fsp3) is 0.900. The lowest BCUT2D eigenvalue weighted by Gasteiger charge is -2.14. The van der Waals surface area contributed by atoms with Crippen LogP contribution in [-0.4, -0.2) is 25.5 Å². The van der Waals surface area contributed by atoms with Gasteiger partial charge in [0.25, 0.3) is 0 Å². The Labute approximate surface area is 81.3 Å². The Balaban J connectivity index is 3.61. The molecule has 0 spiro atoms. The molecule has 1 amide bonds. The normalized spacial score (nSPS) is 15.1. The van der Waals surface area contributed by atoms with Crippen LogP contribution in [0.4, 0.5) is 0 Å². The Morgan fingerprint density at radius 1 is 1.38 bits per heavy atom. The van der Waals surface area contributed by atoms with Crippen LogP contribution < -0.4 is 10.6 Å². The largest absolute Gasteiger partial charge is 0.354 e. The molecule has 0 bridgehead atoms. The number of hydrogen-bond donors (Lipinski definition) is 2. The third kappa shape index (κ3) is 5.64. The number of carbonyl (C=O) groups excluding carboxylic acids is 1. The highest BCUT2D eigenvalue weighted by molar-refractivity contribution is 5.78. The lowest BCUT2D eigenvalue weighted by molar-refractivity contribution is -0.124. The van der Waals surface area contributed by atoms with Gasteiger partial charge in [-0.15, -0.1) is 0 Å². The van der Waals surface area contributed by atoms with Crippen LogP contribution in [0.3, 0.4) is 0 Å². The monoisotopic (exact) mass is 186 g/mol. The number of likely N-dealkylation sites (N-methyl/N-ethyl adjacent to an activating group) is 1. The van der Waals surface area contributed by atoms with Crippen LogP contribution in [0.5, 0.6) is 0 Å². The minimum atomic E-state index is 0.147. The topological polar surface area (TPSA) is 41.1 Å². The molecule has 2 atom stereocenters. The average molecular weight is 186 g/mol. The molecule has 3 heteroatoms. The van der Waals surface area contributed by atoms with Crippen molar-refractivity contribution in [3.8, 4) is 0 Å². The predicted octanol–water partition coefficient (Wildman–Crippen LogP) is 1.15. The van der Waals surface area contributed by atoms with Crippen molar-refractivity contribution in [1.82, 2.24) is 10.6 Å². The van der Waals surface area contributed by atoms with Crippen LogP contribution in [-0.2, 0) is 4.79 Å². The zero-order chi connectivity index (χ0) is 10.3. The molecule has 0 rings (SSSR count). The van der Waals surface area contributed by atoms with Gasteiger partial charge in [0.2, 0.25) is 5.91 Å². The molecule has 0 aliphatic rings. The van der Waals surface area contributed by atoms with Gasteiger partial charge in [0.15, 0.2) is 0 Å². The Morgan fingerprint density at radius 3 is 2.46 bits per heavy atom. The smallest absolute Gasteiger partial charge is 0.222 e. The molecule has 0 saturated carbocycles. The van der Waals surface area contributed by atoms with Crippen LogP contribution in [0, 0.1) is 5.92 Å². The van der Waals surface area contributed by atoms with Gasteiger partial charge in [0.1, 0.15) is 0 Å². The molecule has 0 heterocycles. The van der Waals surface area contributed by atoms with Crippen molar-refractivity contribution in [3.05, 3.63) is 0 Å². The molecule has 0 saturated heterocycles. The Kier molecular flexibility index (Phi) is 6.59. The number of hydrogen-bond acceptors (Lipinski definition) is 2. The van der Waals surface area contributed by atoms with E-state index < -0.39 is 0 Å². The van der Waals surface area contributed by atoms with Crippen molar-refractivity contribution in [2.75, 3.05) is 13.6 Å². The zero-order valence-electron chi connectivity index (χ0n) is 9.18. The highest BCUT2D eigenvalue weighted by Crippen LogP contribution is 2.04. The van der Waals surface area contributed by atoms with Gasteiger partial charge in [-0.25, -0.2) is 0 Å². The summed E-state index contributed by atoms with van der Waals surface area (Å²) >= 11 is 0. The van der Waals surface area contributed by atoms with E-state index in [4.69, 9.17) is 0 Å². The van der Waals surface area contributed by atoms with Crippen molar-refractivity contribution in [1.29, 1.82) is 0 Å². The quantitative estimate of drug-likeness (QED) is 0.653. The number of amides is 1. The van der Waals surface area contributed by atoms with E-state index in [-0.39, 0.29) is 11.8 Å². The first-order chi connectivity index (χ1) is 6.11. The molecular weight excluding hydrogens is 164 g/mol. The van der Waals surface area contributed by atoms with E-state index in [0.29, 0.717) is 12.6 Å². The van der Waals surface area contributed by atoms with Crippen LogP contribution in [0.1, 0.15) is 33.6 Å². The Morgan fingerprint density at radius 2 is 2.00 bits per heavy atom. The molecule has 0 aromatic carbocycles. The Bertz CT molecular complexity index is 148. The number of nitrogens with one attached hydrogen (secondary N) is 2. The second kappa shape index (κ2) is 6.89. The summed E-state index contributed by atoms with van der Waals surface area (Å²) in [6.45, 7) is 6.83. The van der Waals surface area contributed by atoms with E-state index in [2.05, 4.69) is 17.6 Å². The average Bonchev–Trinajstić information content (AvgIpc) is 2.13. The van der Waals surface area contributed by atoms with E-state index in [1.54, 1.807) is 0 Å². The van der Waals surface area contributed by atoms with Crippen LogP contribution >= 0.6 is 0 Å². The van der Waals surface area contributed by atoms with Gasteiger partial charge in [0, 0.05) is 18.5 Å².